The zero-order chi connectivity index (χ0) is 11.3. The fourth-order valence-corrected chi connectivity index (χ4v) is 2.18. The number of rotatable bonds is 4. The van der Waals surface area contributed by atoms with Crippen molar-refractivity contribution >= 4 is 35.0 Å². The molecule has 0 heterocycles. The number of carbonyl (C=O) groups excluding carboxylic acids is 1. The maximum absolute atomic E-state index is 10.8. The zero-order valence-electron chi connectivity index (χ0n) is 8.33. The molecule has 0 aromatic heterocycles. The second-order valence-electron chi connectivity index (χ2n) is 2.92. The van der Waals surface area contributed by atoms with E-state index >= 15 is 0 Å². The molecule has 15 heavy (non-hydrogen) atoms. The van der Waals surface area contributed by atoms with Crippen LogP contribution in [0.4, 0.5) is 5.69 Å². The molecule has 5 heteroatoms. The molecule has 1 aromatic rings. The molecule has 0 aliphatic heterocycles. The van der Waals surface area contributed by atoms with E-state index in [1.54, 1.807) is 12.1 Å². The quantitative estimate of drug-likeness (QED) is 0.654. The molecular weight excluding hydrogens is 234 g/mol. The first-order chi connectivity index (χ1) is 7.13. The van der Waals surface area contributed by atoms with Gasteiger partial charge in [-0.25, -0.2) is 0 Å². The molecule has 0 aliphatic rings. The Morgan fingerprint density at radius 2 is 2.33 bits per heavy atom. The van der Waals surface area contributed by atoms with E-state index in [4.69, 9.17) is 17.3 Å². The summed E-state index contributed by atoms with van der Waals surface area (Å²) in [5, 5.41) is 0.632. The van der Waals surface area contributed by atoms with E-state index in [1.807, 2.05) is 6.07 Å². The fraction of sp³-hybridized carbons (Fsp3) is 0.300. The maximum atomic E-state index is 10.8. The Bertz CT molecular complexity index is 357. The van der Waals surface area contributed by atoms with Gasteiger partial charge in [-0.05, 0) is 17.7 Å². The molecule has 3 nitrogen and oxygen atoms in total. The van der Waals surface area contributed by atoms with Gasteiger partial charge >= 0.3 is 5.97 Å². The summed E-state index contributed by atoms with van der Waals surface area (Å²) in [6.45, 7) is 0. The third-order valence-corrected chi connectivity index (χ3v) is 3.09. The van der Waals surface area contributed by atoms with Crippen LogP contribution >= 0.6 is 23.4 Å². The number of esters is 1. The Labute approximate surface area is 97.9 Å². The number of thioether (sulfide) groups is 1. The Morgan fingerprint density at radius 1 is 1.60 bits per heavy atom. The van der Waals surface area contributed by atoms with E-state index in [0.717, 1.165) is 5.56 Å². The van der Waals surface area contributed by atoms with Gasteiger partial charge < -0.3 is 10.5 Å². The Kier molecular flexibility index (Phi) is 4.78. The predicted octanol–water partition coefficient (Wildman–Crippen LogP) is 2.33. The topological polar surface area (TPSA) is 52.3 Å². The molecule has 0 unspecified atom stereocenters. The minimum absolute atomic E-state index is 0.230. The molecule has 0 bridgehead atoms. The van der Waals surface area contributed by atoms with Gasteiger partial charge in [-0.15, -0.1) is 11.8 Å². The first-order valence-corrected chi connectivity index (χ1v) is 5.85. The Hall–Kier alpha value is -0.870. The molecule has 0 fully saturated rings. The number of benzene rings is 1. The lowest BCUT2D eigenvalue weighted by molar-refractivity contribution is -0.137. The van der Waals surface area contributed by atoms with Gasteiger partial charge in [0.25, 0.3) is 0 Å². The number of nitrogens with two attached hydrogens (primary N) is 1. The van der Waals surface area contributed by atoms with E-state index in [2.05, 4.69) is 4.74 Å². The largest absolute Gasteiger partial charge is 0.468 e. The number of halogens is 1. The van der Waals surface area contributed by atoms with E-state index in [0.29, 0.717) is 22.2 Å². The minimum atomic E-state index is -0.230. The highest BCUT2D eigenvalue weighted by Crippen LogP contribution is 2.23. The zero-order valence-corrected chi connectivity index (χ0v) is 9.90. The number of carbonyl (C=O) groups is 1. The smallest absolute Gasteiger partial charge is 0.315 e. The van der Waals surface area contributed by atoms with Crippen LogP contribution in [0.2, 0.25) is 5.02 Å². The molecule has 0 atom stereocenters. The fourth-order valence-electron chi connectivity index (χ4n) is 0.984. The van der Waals surface area contributed by atoms with Gasteiger partial charge in [0.15, 0.2) is 0 Å². The van der Waals surface area contributed by atoms with E-state index in [-0.39, 0.29) is 5.97 Å². The van der Waals surface area contributed by atoms with Crippen molar-refractivity contribution in [3.05, 3.63) is 28.8 Å². The molecule has 0 radical (unpaired) electrons. The number of methoxy groups -OCH3 is 1. The molecule has 0 spiro atoms. The monoisotopic (exact) mass is 245 g/mol. The van der Waals surface area contributed by atoms with E-state index in [9.17, 15) is 4.79 Å². The predicted molar refractivity (Wildman–Crippen MR) is 64.0 cm³/mol. The summed E-state index contributed by atoms with van der Waals surface area (Å²) in [6.07, 6.45) is 0. The first-order valence-electron chi connectivity index (χ1n) is 4.32. The van der Waals surface area contributed by atoms with Crippen molar-refractivity contribution in [3.8, 4) is 0 Å². The summed E-state index contributed by atoms with van der Waals surface area (Å²) < 4.78 is 4.52. The third-order valence-electron chi connectivity index (χ3n) is 1.78. The Balaban J connectivity index is 2.47. The third kappa shape index (κ3) is 4.01. The highest BCUT2D eigenvalue weighted by molar-refractivity contribution is 7.99. The highest BCUT2D eigenvalue weighted by atomic mass is 35.5. The van der Waals surface area contributed by atoms with Crippen LogP contribution in [0.25, 0.3) is 0 Å². The van der Waals surface area contributed by atoms with Crippen LogP contribution in [0.3, 0.4) is 0 Å². The molecule has 0 saturated carbocycles. The number of hydrogen-bond acceptors (Lipinski definition) is 4. The van der Waals surface area contributed by atoms with Gasteiger partial charge in [0.2, 0.25) is 0 Å². The van der Waals surface area contributed by atoms with Crippen molar-refractivity contribution in [1.29, 1.82) is 0 Å². The lowest BCUT2D eigenvalue weighted by Crippen LogP contribution is -2.03. The number of anilines is 1. The van der Waals surface area contributed by atoms with Crippen molar-refractivity contribution in [1.82, 2.24) is 0 Å². The van der Waals surface area contributed by atoms with Gasteiger partial charge in [0, 0.05) is 16.5 Å². The Morgan fingerprint density at radius 3 is 2.93 bits per heavy atom. The summed E-state index contributed by atoms with van der Waals surface area (Å²) in [5.41, 5.74) is 7.17. The summed E-state index contributed by atoms with van der Waals surface area (Å²) in [6, 6.07) is 5.36. The second-order valence-corrected chi connectivity index (χ2v) is 4.31. The van der Waals surface area contributed by atoms with Crippen LogP contribution < -0.4 is 5.73 Å². The van der Waals surface area contributed by atoms with Crippen molar-refractivity contribution in [2.24, 2.45) is 0 Å². The van der Waals surface area contributed by atoms with Crippen molar-refractivity contribution in [3.63, 3.8) is 0 Å². The lowest BCUT2D eigenvalue weighted by Gasteiger charge is -2.04. The maximum Gasteiger partial charge on any atom is 0.315 e. The molecule has 0 saturated heterocycles. The average Bonchev–Trinajstić information content (AvgIpc) is 2.21. The molecule has 2 N–H and O–H groups in total. The summed E-state index contributed by atoms with van der Waals surface area (Å²) in [7, 11) is 1.37. The number of ether oxygens (including phenoxy) is 1. The van der Waals surface area contributed by atoms with Gasteiger partial charge in [-0.2, -0.15) is 0 Å². The highest BCUT2D eigenvalue weighted by Gasteiger charge is 2.04. The lowest BCUT2D eigenvalue weighted by atomic mass is 10.2. The van der Waals surface area contributed by atoms with Crippen molar-refractivity contribution in [2.45, 2.75) is 5.75 Å². The SMILES string of the molecule is COC(=O)CSCc1ccc(N)cc1Cl. The second kappa shape index (κ2) is 5.88. The van der Waals surface area contributed by atoms with E-state index in [1.165, 1.54) is 18.9 Å². The normalized spacial score (nSPS) is 10.0. The molecule has 1 rings (SSSR count). The van der Waals surface area contributed by atoms with Gasteiger partial charge in [0.1, 0.15) is 0 Å². The number of nitrogen functional groups attached to an aromatic ring is 1. The van der Waals surface area contributed by atoms with Gasteiger partial charge in [-0.3, -0.25) is 4.79 Å². The van der Waals surface area contributed by atoms with Crippen LogP contribution in [0, 0.1) is 0 Å². The summed E-state index contributed by atoms with van der Waals surface area (Å²) >= 11 is 7.43. The van der Waals surface area contributed by atoms with Gasteiger partial charge in [-0.1, -0.05) is 17.7 Å². The molecule has 0 amide bonds. The first kappa shape index (κ1) is 12.2. The molecule has 82 valence electrons. The molecule has 0 aliphatic carbocycles. The van der Waals surface area contributed by atoms with Crippen LogP contribution in [0.15, 0.2) is 18.2 Å². The van der Waals surface area contributed by atoms with Crippen LogP contribution in [0.5, 0.6) is 0 Å². The minimum Gasteiger partial charge on any atom is -0.468 e. The van der Waals surface area contributed by atoms with Crippen LogP contribution in [0.1, 0.15) is 5.56 Å². The van der Waals surface area contributed by atoms with Crippen LogP contribution in [-0.2, 0) is 15.3 Å². The van der Waals surface area contributed by atoms with E-state index < -0.39 is 0 Å². The summed E-state index contributed by atoms with van der Waals surface area (Å²) in [5.74, 6) is 0.775. The molecular formula is C10H12ClNO2S. The van der Waals surface area contributed by atoms with Crippen LogP contribution in [-0.4, -0.2) is 18.8 Å². The average molecular weight is 246 g/mol. The van der Waals surface area contributed by atoms with Crippen molar-refractivity contribution < 1.29 is 9.53 Å². The number of hydrogen-bond donors (Lipinski definition) is 1. The standard InChI is InChI=1S/C10H12ClNO2S/c1-14-10(13)6-15-5-7-2-3-8(12)4-9(7)11/h2-4H,5-6,12H2,1H3. The summed E-state index contributed by atoms with van der Waals surface area (Å²) in [4.78, 5) is 10.8. The molecule has 1 aromatic carbocycles. The van der Waals surface area contributed by atoms with Crippen molar-refractivity contribution in [2.75, 3.05) is 18.6 Å². The van der Waals surface area contributed by atoms with Gasteiger partial charge in [0.05, 0.1) is 12.9 Å².